The van der Waals surface area contributed by atoms with Gasteiger partial charge in [-0.3, -0.25) is 4.79 Å². The molecule has 1 N–H and O–H groups in total. The van der Waals surface area contributed by atoms with Crippen molar-refractivity contribution < 1.29 is 19.0 Å². The number of carbonyl (C=O) groups excluding carboxylic acids is 1. The number of carbonyl (C=O) groups is 1. The van der Waals surface area contributed by atoms with Gasteiger partial charge in [0, 0.05) is 4.47 Å². The third kappa shape index (κ3) is 7.07. The van der Waals surface area contributed by atoms with Crippen molar-refractivity contribution in [2.45, 2.75) is 20.5 Å². The SMILES string of the molecule is COc1cc(/C=N/NC(=O)COc2c(C)cc(Br)cc2C)cc(Br)c1OCc1ccccc1. The second-order valence-electron chi connectivity index (χ2n) is 7.26. The highest BCUT2D eigenvalue weighted by Gasteiger charge is 2.12. The number of hydrazone groups is 1. The highest BCUT2D eigenvalue weighted by Crippen LogP contribution is 2.36. The smallest absolute Gasteiger partial charge is 0.277 e. The molecule has 3 aromatic rings. The second-order valence-corrected chi connectivity index (χ2v) is 9.03. The molecule has 0 aliphatic rings. The summed E-state index contributed by atoms with van der Waals surface area (Å²) in [5.41, 5.74) is 6.16. The summed E-state index contributed by atoms with van der Waals surface area (Å²) in [6, 6.07) is 17.4. The maximum atomic E-state index is 12.1. The number of benzene rings is 3. The summed E-state index contributed by atoms with van der Waals surface area (Å²) in [4.78, 5) is 12.1. The number of rotatable bonds is 9. The minimum atomic E-state index is -0.359. The number of aryl methyl sites for hydroxylation is 2. The van der Waals surface area contributed by atoms with E-state index in [0.29, 0.717) is 23.9 Å². The minimum absolute atomic E-state index is 0.139. The van der Waals surface area contributed by atoms with E-state index in [4.69, 9.17) is 14.2 Å². The fourth-order valence-electron chi connectivity index (χ4n) is 3.16. The summed E-state index contributed by atoms with van der Waals surface area (Å²) in [5.74, 6) is 1.48. The van der Waals surface area contributed by atoms with Crippen LogP contribution in [0.2, 0.25) is 0 Å². The van der Waals surface area contributed by atoms with Crippen LogP contribution in [0.4, 0.5) is 0 Å². The van der Waals surface area contributed by atoms with Crippen LogP contribution in [0.25, 0.3) is 0 Å². The van der Waals surface area contributed by atoms with E-state index in [1.165, 1.54) is 6.21 Å². The Morgan fingerprint density at radius 2 is 1.70 bits per heavy atom. The molecule has 0 fully saturated rings. The number of nitrogens with one attached hydrogen (secondary N) is 1. The molecule has 1 amide bonds. The molecular weight excluding hydrogens is 552 g/mol. The van der Waals surface area contributed by atoms with E-state index in [-0.39, 0.29) is 12.5 Å². The molecule has 0 bridgehead atoms. The van der Waals surface area contributed by atoms with E-state index in [2.05, 4.69) is 42.4 Å². The molecule has 6 nitrogen and oxygen atoms in total. The normalized spacial score (nSPS) is 10.8. The first-order chi connectivity index (χ1) is 15.9. The first-order valence-corrected chi connectivity index (χ1v) is 11.7. The first kappa shape index (κ1) is 24.8. The largest absolute Gasteiger partial charge is 0.493 e. The Balaban J connectivity index is 1.59. The van der Waals surface area contributed by atoms with Crippen LogP contribution in [0.15, 0.2) is 68.6 Å². The molecule has 0 atom stereocenters. The zero-order chi connectivity index (χ0) is 23.8. The van der Waals surface area contributed by atoms with Crippen LogP contribution in [-0.2, 0) is 11.4 Å². The summed E-state index contributed by atoms with van der Waals surface area (Å²) in [6.07, 6.45) is 1.53. The van der Waals surface area contributed by atoms with Gasteiger partial charge < -0.3 is 14.2 Å². The fraction of sp³-hybridized carbons (Fsp3) is 0.200. The molecule has 33 heavy (non-hydrogen) atoms. The van der Waals surface area contributed by atoms with E-state index in [9.17, 15) is 4.79 Å². The lowest BCUT2D eigenvalue weighted by Gasteiger charge is -2.13. The van der Waals surface area contributed by atoms with Gasteiger partial charge in [0.25, 0.3) is 5.91 Å². The number of halogens is 2. The molecule has 3 aromatic carbocycles. The van der Waals surface area contributed by atoms with Crippen LogP contribution in [0, 0.1) is 13.8 Å². The lowest BCUT2D eigenvalue weighted by Crippen LogP contribution is -2.25. The quantitative estimate of drug-likeness (QED) is 0.253. The maximum Gasteiger partial charge on any atom is 0.277 e. The van der Waals surface area contributed by atoms with Crippen LogP contribution in [0.1, 0.15) is 22.3 Å². The van der Waals surface area contributed by atoms with Gasteiger partial charge in [0.15, 0.2) is 18.1 Å². The molecule has 0 saturated carbocycles. The van der Waals surface area contributed by atoms with Crippen molar-refractivity contribution in [2.24, 2.45) is 5.10 Å². The Kier molecular flexibility index (Phi) is 8.91. The summed E-state index contributed by atoms with van der Waals surface area (Å²) < 4.78 is 18.8. The molecule has 0 saturated heterocycles. The standard InChI is InChI=1S/C25H24Br2N2O4/c1-16-9-20(26)10-17(2)24(16)33-15-23(30)29-28-13-19-11-21(27)25(22(12-19)31-3)32-14-18-7-5-4-6-8-18/h4-13H,14-15H2,1-3H3,(H,29,30)/b28-13+. The van der Waals surface area contributed by atoms with Crippen LogP contribution in [0.5, 0.6) is 17.2 Å². The molecule has 0 spiro atoms. The van der Waals surface area contributed by atoms with Gasteiger partial charge in [0.05, 0.1) is 17.8 Å². The van der Waals surface area contributed by atoms with Crippen LogP contribution < -0.4 is 19.6 Å². The maximum absolute atomic E-state index is 12.1. The number of hydrogen-bond acceptors (Lipinski definition) is 5. The third-order valence-corrected chi connectivity index (χ3v) is 5.70. The van der Waals surface area contributed by atoms with Crippen molar-refractivity contribution in [3.8, 4) is 17.2 Å². The van der Waals surface area contributed by atoms with E-state index in [1.54, 1.807) is 13.2 Å². The zero-order valence-electron chi connectivity index (χ0n) is 18.5. The van der Waals surface area contributed by atoms with E-state index >= 15 is 0 Å². The molecule has 0 unspecified atom stereocenters. The van der Waals surface area contributed by atoms with Crippen LogP contribution >= 0.6 is 31.9 Å². The van der Waals surface area contributed by atoms with Gasteiger partial charge in [0.2, 0.25) is 0 Å². The van der Waals surface area contributed by atoms with Gasteiger partial charge in [0.1, 0.15) is 12.4 Å². The molecular formula is C25H24Br2N2O4. The van der Waals surface area contributed by atoms with Gasteiger partial charge in [-0.2, -0.15) is 5.10 Å². The van der Waals surface area contributed by atoms with Crippen molar-refractivity contribution in [1.82, 2.24) is 5.43 Å². The van der Waals surface area contributed by atoms with Gasteiger partial charge >= 0.3 is 0 Å². The molecule has 0 radical (unpaired) electrons. The van der Waals surface area contributed by atoms with E-state index in [1.807, 2.05) is 62.4 Å². The second kappa shape index (κ2) is 11.9. The number of ether oxygens (including phenoxy) is 3. The molecule has 0 aliphatic heterocycles. The Labute approximate surface area is 210 Å². The lowest BCUT2D eigenvalue weighted by atomic mass is 10.1. The van der Waals surface area contributed by atoms with Crippen molar-refractivity contribution in [1.29, 1.82) is 0 Å². The summed E-state index contributed by atoms with van der Waals surface area (Å²) in [6.45, 7) is 4.14. The molecule has 8 heteroatoms. The predicted molar refractivity (Wildman–Crippen MR) is 136 cm³/mol. The third-order valence-electron chi connectivity index (χ3n) is 4.65. The Morgan fingerprint density at radius 1 is 1.00 bits per heavy atom. The highest BCUT2D eigenvalue weighted by atomic mass is 79.9. The molecule has 0 aliphatic carbocycles. The van der Waals surface area contributed by atoms with Crippen molar-refractivity contribution in [3.63, 3.8) is 0 Å². The highest BCUT2D eigenvalue weighted by molar-refractivity contribution is 9.10. The predicted octanol–water partition coefficient (Wildman–Crippen LogP) is 5.95. The van der Waals surface area contributed by atoms with Crippen LogP contribution in [-0.4, -0.2) is 25.8 Å². The van der Waals surface area contributed by atoms with Gasteiger partial charge in [-0.25, -0.2) is 5.43 Å². The average molecular weight is 576 g/mol. The monoisotopic (exact) mass is 574 g/mol. The van der Waals surface area contributed by atoms with Crippen molar-refractivity contribution in [2.75, 3.05) is 13.7 Å². The topological polar surface area (TPSA) is 69.2 Å². The van der Waals surface area contributed by atoms with E-state index in [0.717, 1.165) is 31.2 Å². The van der Waals surface area contributed by atoms with Gasteiger partial charge in [-0.05, 0) is 76.3 Å². The number of methoxy groups -OCH3 is 1. The number of amides is 1. The molecule has 0 heterocycles. The van der Waals surface area contributed by atoms with E-state index < -0.39 is 0 Å². The van der Waals surface area contributed by atoms with Crippen LogP contribution in [0.3, 0.4) is 0 Å². The fourth-order valence-corrected chi connectivity index (χ4v) is 4.42. The van der Waals surface area contributed by atoms with Crippen molar-refractivity contribution >= 4 is 44.0 Å². The number of nitrogens with zero attached hydrogens (tertiary/aromatic N) is 1. The summed E-state index contributed by atoms with van der Waals surface area (Å²) >= 11 is 6.97. The van der Waals surface area contributed by atoms with Gasteiger partial charge in [-0.15, -0.1) is 0 Å². The first-order valence-electron chi connectivity index (χ1n) is 10.1. The molecule has 0 aromatic heterocycles. The Bertz CT molecular complexity index is 1130. The van der Waals surface area contributed by atoms with Crippen molar-refractivity contribution in [3.05, 3.63) is 85.8 Å². The zero-order valence-corrected chi connectivity index (χ0v) is 21.7. The summed E-state index contributed by atoms with van der Waals surface area (Å²) in [7, 11) is 1.57. The molecule has 172 valence electrons. The summed E-state index contributed by atoms with van der Waals surface area (Å²) in [5, 5.41) is 4.02. The Hall–Kier alpha value is -2.84. The Morgan fingerprint density at radius 3 is 2.36 bits per heavy atom. The molecule has 3 rings (SSSR count). The lowest BCUT2D eigenvalue weighted by molar-refractivity contribution is -0.123. The average Bonchev–Trinajstić information content (AvgIpc) is 2.78. The minimum Gasteiger partial charge on any atom is -0.493 e. The van der Waals surface area contributed by atoms with Gasteiger partial charge in [-0.1, -0.05) is 46.3 Å². The number of hydrogen-bond donors (Lipinski definition) is 1.